The van der Waals surface area contributed by atoms with Gasteiger partial charge in [0.05, 0.1) is 0 Å². The van der Waals surface area contributed by atoms with E-state index in [9.17, 15) is 4.79 Å². The predicted molar refractivity (Wildman–Crippen MR) is 51.6 cm³/mol. The van der Waals surface area contributed by atoms with Gasteiger partial charge in [-0.25, -0.2) is 4.79 Å². The van der Waals surface area contributed by atoms with E-state index in [2.05, 4.69) is 5.32 Å². The Hall–Kier alpha value is -0.730. The van der Waals surface area contributed by atoms with Crippen molar-refractivity contribution in [1.29, 1.82) is 0 Å². The molecule has 0 radical (unpaired) electrons. The highest BCUT2D eigenvalue weighted by Gasteiger charge is 2.22. The molecule has 0 aromatic carbocycles. The summed E-state index contributed by atoms with van der Waals surface area (Å²) in [7, 11) is 0. The van der Waals surface area contributed by atoms with Gasteiger partial charge in [-0.15, -0.1) is 0 Å². The first-order valence-corrected chi connectivity index (χ1v) is 5.42. The fraction of sp³-hybridized carbons (Fsp3) is 0.900. The Kier molecular flexibility index (Phi) is 2.71. The molecule has 0 unspecified atom stereocenters. The third-order valence-electron chi connectivity index (χ3n) is 3.08. The monoisotopic (exact) mass is 182 g/mol. The largest absolute Gasteiger partial charge is 0.335 e. The van der Waals surface area contributed by atoms with Gasteiger partial charge in [0, 0.05) is 19.1 Å². The Morgan fingerprint density at radius 1 is 1.08 bits per heavy atom. The van der Waals surface area contributed by atoms with Crippen LogP contribution in [0.3, 0.4) is 0 Å². The number of hydrogen-bond donors (Lipinski definition) is 1. The summed E-state index contributed by atoms with van der Waals surface area (Å²) in [6.07, 6.45) is 7.28. The van der Waals surface area contributed by atoms with Crippen molar-refractivity contribution in [2.45, 2.75) is 44.6 Å². The third kappa shape index (κ3) is 2.14. The zero-order valence-corrected chi connectivity index (χ0v) is 8.09. The second-order valence-electron chi connectivity index (χ2n) is 4.13. The number of likely N-dealkylation sites (tertiary alicyclic amines) is 1. The number of rotatable bonds is 1. The van der Waals surface area contributed by atoms with Gasteiger partial charge in [0.15, 0.2) is 0 Å². The summed E-state index contributed by atoms with van der Waals surface area (Å²) in [5.41, 5.74) is 0. The van der Waals surface area contributed by atoms with E-state index in [-0.39, 0.29) is 6.03 Å². The molecule has 2 fully saturated rings. The summed E-state index contributed by atoms with van der Waals surface area (Å²) in [6, 6.07) is 0.637. The van der Waals surface area contributed by atoms with Crippen molar-refractivity contribution in [1.82, 2.24) is 10.2 Å². The van der Waals surface area contributed by atoms with Crippen LogP contribution < -0.4 is 5.32 Å². The smallest absolute Gasteiger partial charge is 0.317 e. The second kappa shape index (κ2) is 3.99. The lowest BCUT2D eigenvalue weighted by molar-refractivity contribution is 0.204. The number of nitrogens with one attached hydrogen (secondary N) is 1. The molecule has 0 aromatic heterocycles. The van der Waals surface area contributed by atoms with Gasteiger partial charge in [0.1, 0.15) is 0 Å². The molecular formula is C10H18N2O. The van der Waals surface area contributed by atoms with Crippen LogP contribution in [0.1, 0.15) is 38.5 Å². The summed E-state index contributed by atoms with van der Waals surface area (Å²) < 4.78 is 0. The van der Waals surface area contributed by atoms with Gasteiger partial charge in [-0.2, -0.15) is 0 Å². The molecule has 1 N–H and O–H groups in total. The fourth-order valence-corrected chi connectivity index (χ4v) is 2.26. The van der Waals surface area contributed by atoms with E-state index in [0.29, 0.717) is 6.04 Å². The molecule has 3 nitrogen and oxygen atoms in total. The summed E-state index contributed by atoms with van der Waals surface area (Å²) in [4.78, 5) is 13.6. The van der Waals surface area contributed by atoms with Crippen molar-refractivity contribution in [3.05, 3.63) is 0 Å². The molecule has 13 heavy (non-hydrogen) atoms. The molecule has 0 spiro atoms. The zero-order valence-electron chi connectivity index (χ0n) is 8.09. The Balaban J connectivity index is 1.76. The lowest BCUT2D eigenvalue weighted by Crippen LogP contribution is -2.42. The maximum absolute atomic E-state index is 11.6. The number of amides is 2. The average Bonchev–Trinajstić information content (AvgIpc) is 2.74. The minimum atomic E-state index is 0.171. The van der Waals surface area contributed by atoms with Crippen LogP contribution in [0.2, 0.25) is 0 Å². The Labute approximate surface area is 79.5 Å². The maximum Gasteiger partial charge on any atom is 0.317 e. The van der Waals surface area contributed by atoms with Crippen molar-refractivity contribution in [3.8, 4) is 0 Å². The van der Waals surface area contributed by atoms with Gasteiger partial charge >= 0.3 is 6.03 Å². The van der Waals surface area contributed by atoms with E-state index in [4.69, 9.17) is 0 Å². The van der Waals surface area contributed by atoms with Gasteiger partial charge in [-0.1, -0.05) is 12.8 Å². The van der Waals surface area contributed by atoms with E-state index >= 15 is 0 Å². The van der Waals surface area contributed by atoms with Crippen LogP contribution >= 0.6 is 0 Å². The Morgan fingerprint density at radius 3 is 2.31 bits per heavy atom. The molecule has 1 aliphatic heterocycles. The fourth-order valence-electron chi connectivity index (χ4n) is 2.26. The first-order valence-electron chi connectivity index (χ1n) is 5.42. The highest BCUT2D eigenvalue weighted by Crippen LogP contribution is 2.18. The van der Waals surface area contributed by atoms with Crippen LogP contribution in [0.5, 0.6) is 0 Å². The molecule has 3 heteroatoms. The highest BCUT2D eigenvalue weighted by molar-refractivity contribution is 5.74. The van der Waals surface area contributed by atoms with Crippen LogP contribution in [0.4, 0.5) is 4.79 Å². The molecule has 1 saturated heterocycles. The first-order chi connectivity index (χ1) is 6.36. The molecule has 0 aromatic rings. The van der Waals surface area contributed by atoms with Gasteiger partial charge < -0.3 is 10.2 Å². The molecule has 1 saturated carbocycles. The molecule has 2 aliphatic rings. The number of carbonyl (C=O) groups excluding carboxylic acids is 1. The maximum atomic E-state index is 11.6. The normalized spacial score (nSPS) is 23.8. The third-order valence-corrected chi connectivity index (χ3v) is 3.08. The molecule has 1 aliphatic carbocycles. The van der Waals surface area contributed by atoms with Gasteiger partial charge in [0.25, 0.3) is 0 Å². The predicted octanol–water partition coefficient (Wildman–Crippen LogP) is 1.73. The standard InChI is InChI=1S/C10H18N2O/c13-10(12-7-3-4-8-12)11-9-5-1-2-6-9/h9H,1-8H2,(H,11,13). The number of nitrogens with zero attached hydrogens (tertiary/aromatic N) is 1. The zero-order chi connectivity index (χ0) is 9.10. The van der Waals surface area contributed by atoms with Crippen molar-refractivity contribution in [2.75, 3.05) is 13.1 Å². The van der Waals surface area contributed by atoms with E-state index in [1.165, 1.54) is 38.5 Å². The molecule has 0 bridgehead atoms. The molecule has 2 rings (SSSR count). The minimum Gasteiger partial charge on any atom is -0.335 e. The molecular weight excluding hydrogens is 164 g/mol. The van der Waals surface area contributed by atoms with Crippen molar-refractivity contribution in [2.24, 2.45) is 0 Å². The van der Waals surface area contributed by atoms with Gasteiger partial charge in [0.2, 0.25) is 0 Å². The summed E-state index contributed by atoms with van der Waals surface area (Å²) in [6.45, 7) is 1.91. The summed E-state index contributed by atoms with van der Waals surface area (Å²) in [5, 5.41) is 3.11. The Bertz CT molecular complexity index is 181. The van der Waals surface area contributed by atoms with Crippen LogP contribution in [-0.4, -0.2) is 30.1 Å². The minimum absolute atomic E-state index is 0.171. The lowest BCUT2D eigenvalue weighted by atomic mass is 10.2. The van der Waals surface area contributed by atoms with Crippen LogP contribution in [0.25, 0.3) is 0 Å². The van der Waals surface area contributed by atoms with Crippen LogP contribution in [0.15, 0.2) is 0 Å². The summed E-state index contributed by atoms with van der Waals surface area (Å²) >= 11 is 0. The van der Waals surface area contributed by atoms with E-state index in [0.717, 1.165) is 13.1 Å². The lowest BCUT2D eigenvalue weighted by Gasteiger charge is -2.19. The topological polar surface area (TPSA) is 32.3 Å². The second-order valence-corrected chi connectivity index (χ2v) is 4.13. The molecule has 1 heterocycles. The van der Waals surface area contributed by atoms with Crippen LogP contribution in [-0.2, 0) is 0 Å². The number of carbonyl (C=O) groups is 1. The van der Waals surface area contributed by atoms with E-state index in [1.54, 1.807) is 0 Å². The van der Waals surface area contributed by atoms with Crippen molar-refractivity contribution < 1.29 is 4.79 Å². The van der Waals surface area contributed by atoms with E-state index < -0.39 is 0 Å². The average molecular weight is 182 g/mol. The Morgan fingerprint density at radius 2 is 1.69 bits per heavy atom. The quantitative estimate of drug-likeness (QED) is 0.658. The molecule has 74 valence electrons. The van der Waals surface area contributed by atoms with Gasteiger partial charge in [-0.3, -0.25) is 0 Å². The number of hydrogen-bond acceptors (Lipinski definition) is 1. The van der Waals surface area contributed by atoms with Gasteiger partial charge in [-0.05, 0) is 25.7 Å². The SMILES string of the molecule is O=C(NC1CCCC1)N1CCCC1. The van der Waals surface area contributed by atoms with Crippen molar-refractivity contribution in [3.63, 3.8) is 0 Å². The highest BCUT2D eigenvalue weighted by atomic mass is 16.2. The van der Waals surface area contributed by atoms with Crippen molar-refractivity contribution >= 4 is 6.03 Å². The molecule has 0 atom stereocenters. The summed E-state index contributed by atoms with van der Waals surface area (Å²) in [5.74, 6) is 0. The van der Waals surface area contributed by atoms with E-state index in [1.807, 2.05) is 4.90 Å². The molecule has 2 amide bonds. The number of urea groups is 1. The first kappa shape index (κ1) is 8.85. The van der Waals surface area contributed by atoms with Crippen LogP contribution in [0, 0.1) is 0 Å².